The number of halogens is 1. The lowest BCUT2D eigenvalue weighted by Crippen LogP contribution is -2.44. The molecule has 0 radical (unpaired) electrons. The number of anilines is 1. The quantitative estimate of drug-likeness (QED) is 0.668. The molecule has 28 heavy (non-hydrogen) atoms. The molecule has 2 aliphatic heterocycles. The molecule has 142 valence electrons. The predicted molar refractivity (Wildman–Crippen MR) is 101 cm³/mol. The Bertz CT molecular complexity index is 1050. The van der Waals surface area contributed by atoms with Crippen molar-refractivity contribution in [2.75, 3.05) is 5.32 Å². The number of nitrogens with zero attached hydrogens (tertiary/aromatic N) is 3. The first-order valence-electron chi connectivity index (χ1n) is 9.35. The highest BCUT2D eigenvalue weighted by Crippen LogP contribution is 2.44. The number of carbonyl (C=O) groups is 1. The molecule has 1 N–H and O–H groups in total. The Morgan fingerprint density at radius 2 is 2.04 bits per heavy atom. The number of nitrogens with one attached hydrogen (secondary N) is 1. The van der Waals surface area contributed by atoms with Crippen LogP contribution in [0.5, 0.6) is 0 Å². The molecule has 1 saturated heterocycles. The van der Waals surface area contributed by atoms with Gasteiger partial charge in [-0.3, -0.25) is 0 Å². The van der Waals surface area contributed by atoms with Gasteiger partial charge in [-0.05, 0) is 55.2 Å². The second kappa shape index (κ2) is 6.44. The van der Waals surface area contributed by atoms with Gasteiger partial charge >= 0.3 is 6.03 Å². The first-order valence-corrected chi connectivity index (χ1v) is 9.35. The van der Waals surface area contributed by atoms with E-state index in [2.05, 4.69) is 15.3 Å². The molecule has 2 atom stereocenters. The van der Waals surface area contributed by atoms with Crippen LogP contribution >= 0.6 is 0 Å². The molecule has 6 nitrogen and oxygen atoms in total. The molecule has 2 aromatic heterocycles. The summed E-state index contributed by atoms with van der Waals surface area (Å²) in [4.78, 5) is 22.7. The molecule has 1 aromatic carbocycles. The monoisotopic (exact) mass is 378 g/mol. The third-order valence-electron chi connectivity index (χ3n) is 5.62. The Morgan fingerprint density at radius 1 is 1.21 bits per heavy atom. The van der Waals surface area contributed by atoms with E-state index in [-0.39, 0.29) is 18.1 Å². The lowest BCUT2D eigenvalue weighted by atomic mass is 9.95. The fourth-order valence-electron chi connectivity index (χ4n) is 4.33. The first kappa shape index (κ1) is 16.9. The zero-order valence-electron chi connectivity index (χ0n) is 15.4. The minimum Gasteiger partial charge on any atom is -0.441 e. The molecule has 2 amide bonds. The van der Waals surface area contributed by atoms with Crippen LogP contribution in [0.2, 0.25) is 0 Å². The third kappa shape index (κ3) is 2.74. The van der Waals surface area contributed by atoms with Crippen molar-refractivity contribution in [2.24, 2.45) is 0 Å². The fraction of sp³-hybridized carbons (Fsp3) is 0.286. The van der Waals surface area contributed by atoms with E-state index in [1.807, 2.05) is 35.2 Å². The normalized spacial score (nSPS) is 20.1. The Balaban J connectivity index is 1.35. The highest BCUT2D eigenvalue weighted by molar-refractivity contribution is 5.90. The average Bonchev–Trinajstić information content (AvgIpc) is 3.26. The summed E-state index contributed by atoms with van der Waals surface area (Å²) in [6.45, 7) is 1.80. The first-order chi connectivity index (χ1) is 13.6. The van der Waals surface area contributed by atoms with Crippen LogP contribution in [0.4, 0.5) is 14.9 Å². The van der Waals surface area contributed by atoms with Crippen molar-refractivity contribution in [2.45, 2.75) is 38.3 Å². The van der Waals surface area contributed by atoms with E-state index in [9.17, 15) is 9.18 Å². The minimum absolute atomic E-state index is 0.00708. The van der Waals surface area contributed by atoms with Gasteiger partial charge in [0.15, 0.2) is 11.7 Å². The van der Waals surface area contributed by atoms with Crippen LogP contribution in [0.25, 0.3) is 11.3 Å². The fourth-order valence-corrected chi connectivity index (χ4v) is 4.33. The molecule has 2 aliphatic rings. The summed E-state index contributed by atoms with van der Waals surface area (Å²) >= 11 is 0. The molecule has 1 fully saturated rings. The third-order valence-corrected chi connectivity index (χ3v) is 5.62. The van der Waals surface area contributed by atoms with E-state index in [0.29, 0.717) is 29.3 Å². The van der Waals surface area contributed by atoms with E-state index in [4.69, 9.17) is 4.42 Å². The Hall–Kier alpha value is -3.22. The van der Waals surface area contributed by atoms with Crippen molar-refractivity contribution >= 4 is 11.7 Å². The number of hydrogen-bond acceptors (Lipinski definition) is 4. The van der Waals surface area contributed by atoms with E-state index in [1.165, 1.54) is 6.20 Å². The summed E-state index contributed by atoms with van der Waals surface area (Å²) in [6.07, 6.45) is 5.39. The second-order valence-electron chi connectivity index (χ2n) is 7.28. The van der Waals surface area contributed by atoms with Crippen LogP contribution in [0.1, 0.15) is 35.9 Å². The van der Waals surface area contributed by atoms with Crippen LogP contribution in [0.15, 0.2) is 47.1 Å². The summed E-state index contributed by atoms with van der Waals surface area (Å²) in [5.41, 5.74) is 3.14. The van der Waals surface area contributed by atoms with Gasteiger partial charge in [-0.1, -0.05) is 0 Å². The number of fused-ring (bicyclic) bond motifs is 4. The topological polar surface area (TPSA) is 71.3 Å². The highest BCUT2D eigenvalue weighted by Gasteiger charge is 2.43. The van der Waals surface area contributed by atoms with Crippen LogP contribution in [0.3, 0.4) is 0 Å². The number of amides is 2. The van der Waals surface area contributed by atoms with Gasteiger partial charge in [-0.15, -0.1) is 0 Å². The molecule has 7 heteroatoms. The second-order valence-corrected chi connectivity index (χ2v) is 7.28. The number of benzene rings is 1. The summed E-state index contributed by atoms with van der Waals surface area (Å²) in [5, 5.41) is 2.97. The van der Waals surface area contributed by atoms with Crippen LogP contribution in [0, 0.1) is 12.9 Å². The number of oxazole rings is 1. The Labute approximate surface area is 161 Å². The number of pyridine rings is 1. The van der Waals surface area contributed by atoms with Crippen molar-refractivity contribution in [3.8, 4) is 11.3 Å². The number of carbonyl (C=O) groups excluding carboxylic acids is 1. The van der Waals surface area contributed by atoms with Gasteiger partial charge < -0.3 is 14.6 Å². The van der Waals surface area contributed by atoms with Gasteiger partial charge in [-0.25, -0.2) is 14.8 Å². The van der Waals surface area contributed by atoms with Gasteiger partial charge in [-0.2, -0.15) is 4.39 Å². The molecule has 0 spiro atoms. The summed E-state index contributed by atoms with van der Waals surface area (Å²) in [5.74, 6) is 0.893. The molecular weight excluding hydrogens is 359 g/mol. The van der Waals surface area contributed by atoms with Gasteiger partial charge in [0, 0.05) is 36.0 Å². The average molecular weight is 378 g/mol. The van der Waals surface area contributed by atoms with E-state index >= 15 is 0 Å². The number of rotatable bonds is 2. The van der Waals surface area contributed by atoms with Gasteiger partial charge in [0.05, 0.1) is 12.2 Å². The summed E-state index contributed by atoms with van der Waals surface area (Å²) < 4.78 is 19.6. The van der Waals surface area contributed by atoms with Crippen LogP contribution in [-0.4, -0.2) is 26.9 Å². The molecule has 4 heterocycles. The van der Waals surface area contributed by atoms with Crippen molar-refractivity contribution in [3.05, 3.63) is 65.7 Å². The molecule has 5 rings (SSSR count). The summed E-state index contributed by atoms with van der Waals surface area (Å²) in [6, 6.07) is 9.05. The largest absolute Gasteiger partial charge is 0.441 e. The van der Waals surface area contributed by atoms with E-state index in [0.717, 1.165) is 24.0 Å². The number of urea groups is 1. The SMILES string of the molecule is Cc1ncc(-c2ccc(NC(=O)N3[C@H]4CC[C@@H]3c3ccnc(F)c3C4)cc2)o1. The van der Waals surface area contributed by atoms with Crippen molar-refractivity contribution in [1.82, 2.24) is 14.9 Å². The maximum Gasteiger partial charge on any atom is 0.322 e. The standard InChI is InChI=1S/C21H19FN4O2/c1-12-24-11-19(28-12)13-2-4-14(5-3-13)25-21(27)26-15-6-7-18(26)16-8-9-23-20(22)17(16)10-15/h2-5,8-9,11,15,18H,6-7,10H2,1H3,(H,25,27)/t15-,18+/m0/s1. The Morgan fingerprint density at radius 3 is 2.79 bits per heavy atom. The maximum absolute atomic E-state index is 14.1. The van der Waals surface area contributed by atoms with Crippen LogP contribution < -0.4 is 5.32 Å². The molecule has 0 saturated carbocycles. The number of aryl methyl sites for hydroxylation is 1. The lowest BCUT2D eigenvalue weighted by molar-refractivity contribution is 0.178. The van der Waals surface area contributed by atoms with E-state index < -0.39 is 5.95 Å². The van der Waals surface area contributed by atoms with Crippen molar-refractivity contribution < 1.29 is 13.6 Å². The number of hydrogen-bond donors (Lipinski definition) is 1. The molecule has 2 bridgehead atoms. The molecular formula is C21H19FN4O2. The minimum atomic E-state index is -0.410. The highest BCUT2D eigenvalue weighted by atomic mass is 19.1. The van der Waals surface area contributed by atoms with Crippen molar-refractivity contribution in [3.63, 3.8) is 0 Å². The van der Waals surface area contributed by atoms with Gasteiger partial charge in [0.25, 0.3) is 0 Å². The molecule has 0 unspecified atom stereocenters. The Kier molecular flexibility index (Phi) is 3.89. The zero-order valence-corrected chi connectivity index (χ0v) is 15.4. The maximum atomic E-state index is 14.1. The zero-order chi connectivity index (χ0) is 19.3. The van der Waals surface area contributed by atoms with Gasteiger partial charge in [0.1, 0.15) is 0 Å². The molecule has 0 aliphatic carbocycles. The lowest BCUT2D eigenvalue weighted by Gasteiger charge is -2.36. The van der Waals surface area contributed by atoms with Crippen LogP contribution in [-0.2, 0) is 6.42 Å². The van der Waals surface area contributed by atoms with Gasteiger partial charge in [0.2, 0.25) is 5.95 Å². The number of aromatic nitrogens is 2. The smallest absolute Gasteiger partial charge is 0.322 e. The summed E-state index contributed by atoms with van der Waals surface area (Å²) in [7, 11) is 0. The molecule has 3 aromatic rings. The predicted octanol–water partition coefficient (Wildman–Crippen LogP) is 4.48. The van der Waals surface area contributed by atoms with E-state index in [1.54, 1.807) is 13.1 Å². The van der Waals surface area contributed by atoms with Crippen molar-refractivity contribution in [1.29, 1.82) is 0 Å².